The number of hydrogen-bond acceptors (Lipinski definition) is 3. The third-order valence-electron chi connectivity index (χ3n) is 1.73. The molecule has 0 radical (unpaired) electrons. The molecule has 0 saturated carbocycles. The number of aryl methyl sites for hydroxylation is 1. The molecule has 6 N–H and O–H groups in total. The molecule has 82 valence electrons. The Hall–Kier alpha value is -1.76. The molecule has 0 bridgehead atoms. The van der Waals surface area contributed by atoms with E-state index in [2.05, 4.69) is 4.40 Å². The summed E-state index contributed by atoms with van der Waals surface area (Å²) in [6.45, 7) is 1.62. The number of hydrogen-bond donors (Lipinski definition) is 3. The van der Waals surface area contributed by atoms with E-state index in [1.165, 1.54) is 6.07 Å². The van der Waals surface area contributed by atoms with Crippen LogP contribution in [-0.2, 0) is 10.0 Å². The molecule has 1 aromatic carbocycles. The van der Waals surface area contributed by atoms with Gasteiger partial charge in [-0.1, -0.05) is 12.1 Å². The number of nitrogens with two attached hydrogens (primary N) is 3. The van der Waals surface area contributed by atoms with Crippen LogP contribution in [0, 0.1) is 6.92 Å². The van der Waals surface area contributed by atoms with E-state index in [0.717, 1.165) is 0 Å². The van der Waals surface area contributed by atoms with Crippen LogP contribution in [0.5, 0.6) is 0 Å². The number of anilines is 1. The molecule has 0 fully saturated rings. The summed E-state index contributed by atoms with van der Waals surface area (Å²) in [5.74, 6) is -0.516. The van der Waals surface area contributed by atoms with Crippen LogP contribution in [0.3, 0.4) is 0 Å². The van der Waals surface area contributed by atoms with Crippen LogP contribution in [0.1, 0.15) is 5.56 Å². The lowest BCUT2D eigenvalue weighted by Crippen LogP contribution is -2.24. The first-order valence-electron chi connectivity index (χ1n) is 4.05. The van der Waals surface area contributed by atoms with Gasteiger partial charge in [-0.2, -0.15) is 8.42 Å². The van der Waals surface area contributed by atoms with Crippen molar-refractivity contribution in [3.05, 3.63) is 23.8 Å². The fraction of sp³-hybridized carbons (Fsp3) is 0.125. The van der Waals surface area contributed by atoms with Gasteiger partial charge in [0, 0.05) is 0 Å². The monoisotopic (exact) mass is 228 g/mol. The number of sulfonamides is 1. The number of guanidine groups is 1. The summed E-state index contributed by atoms with van der Waals surface area (Å²) in [4.78, 5) is -0.0570. The number of nitrogen functional groups attached to an aromatic ring is 1. The van der Waals surface area contributed by atoms with Crippen molar-refractivity contribution in [1.29, 1.82) is 0 Å². The maximum Gasteiger partial charge on any atom is 0.287 e. The molecule has 6 nitrogen and oxygen atoms in total. The fourth-order valence-electron chi connectivity index (χ4n) is 1.21. The van der Waals surface area contributed by atoms with Gasteiger partial charge in [0.2, 0.25) is 5.96 Å². The standard InChI is InChI=1S/C8H12N4O2S/c1-5-3-2-4-6(9)7(5)15(13,14)12-8(10)11/h2-4H,9H2,1H3,(H4,10,11,12). The molecule has 0 amide bonds. The summed E-state index contributed by atoms with van der Waals surface area (Å²) in [5.41, 5.74) is 16.2. The van der Waals surface area contributed by atoms with E-state index in [9.17, 15) is 8.42 Å². The molecule has 0 aromatic heterocycles. The Balaban J connectivity index is 3.47. The Morgan fingerprint density at radius 1 is 1.33 bits per heavy atom. The summed E-state index contributed by atoms with van der Waals surface area (Å²) in [6.07, 6.45) is 0. The van der Waals surface area contributed by atoms with Crippen molar-refractivity contribution in [3.63, 3.8) is 0 Å². The smallest absolute Gasteiger partial charge is 0.287 e. The van der Waals surface area contributed by atoms with E-state index in [1.54, 1.807) is 19.1 Å². The molecular formula is C8H12N4O2S. The lowest BCUT2D eigenvalue weighted by Gasteiger charge is -2.06. The van der Waals surface area contributed by atoms with E-state index in [1.807, 2.05) is 0 Å². The van der Waals surface area contributed by atoms with Gasteiger partial charge >= 0.3 is 0 Å². The lowest BCUT2D eigenvalue weighted by atomic mass is 10.2. The largest absolute Gasteiger partial charge is 0.398 e. The number of benzene rings is 1. The van der Waals surface area contributed by atoms with Gasteiger partial charge in [0.05, 0.1) is 5.69 Å². The third kappa shape index (κ3) is 2.38. The van der Waals surface area contributed by atoms with E-state index in [4.69, 9.17) is 17.2 Å². The molecule has 1 rings (SSSR count). The van der Waals surface area contributed by atoms with Gasteiger partial charge in [-0.25, -0.2) is 0 Å². The molecule has 1 aromatic rings. The SMILES string of the molecule is Cc1cccc(N)c1S(=O)(=O)N=C(N)N. The zero-order valence-electron chi connectivity index (χ0n) is 8.14. The van der Waals surface area contributed by atoms with Gasteiger partial charge in [0.1, 0.15) is 4.90 Å². The third-order valence-corrected chi connectivity index (χ3v) is 3.25. The summed E-state index contributed by atoms with van der Waals surface area (Å²) in [7, 11) is -3.91. The second-order valence-corrected chi connectivity index (χ2v) is 4.53. The van der Waals surface area contributed by atoms with Crippen LogP contribution in [0.2, 0.25) is 0 Å². The summed E-state index contributed by atoms with van der Waals surface area (Å²) in [6, 6.07) is 4.74. The van der Waals surface area contributed by atoms with E-state index in [0.29, 0.717) is 5.56 Å². The maximum absolute atomic E-state index is 11.7. The lowest BCUT2D eigenvalue weighted by molar-refractivity contribution is 0.598. The molecule has 0 aliphatic heterocycles. The van der Waals surface area contributed by atoms with Crippen LogP contribution < -0.4 is 17.2 Å². The highest BCUT2D eigenvalue weighted by molar-refractivity contribution is 7.90. The van der Waals surface area contributed by atoms with Crippen LogP contribution in [0.15, 0.2) is 27.5 Å². The Bertz CT molecular complexity index is 483. The predicted molar refractivity (Wildman–Crippen MR) is 58.6 cm³/mol. The van der Waals surface area contributed by atoms with Crippen molar-refractivity contribution in [1.82, 2.24) is 0 Å². The minimum Gasteiger partial charge on any atom is -0.398 e. The highest BCUT2D eigenvalue weighted by atomic mass is 32.2. The van der Waals surface area contributed by atoms with Crippen molar-refractivity contribution >= 4 is 21.7 Å². The zero-order chi connectivity index (χ0) is 11.6. The van der Waals surface area contributed by atoms with Crippen molar-refractivity contribution in [2.24, 2.45) is 15.9 Å². The van der Waals surface area contributed by atoms with Crippen molar-refractivity contribution in [3.8, 4) is 0 Å². The molecule has 0 heterocycles. The molecule has 0 spiro atoms. The average molecular weight is 228 g/mol. The number of rotatable bonds is 2. The van der Waals surface area contributed by atoms with Crippen LogP contribution >= 0.6 is 0 Å². The zero-order valence-corrected chi connectivity index (χ0v) is 8.95. The van der Waals surface area contributed by atoms with Crippen LogP contribution in [0.25, 0.3) is 0 Å². The molecule has 0 aliphatic rings. The van der Waals surface area contributed by atoms with Crippen molar-refractivity contribution in [2.45, 2.75) is 11.8 Å². The maximum atomic E-state index is 11.7. The topological polar surface area (TPSA) is 125 Å². The molecule has 0 unspecified atom stereocenters. The Kier molecular flexibility index (Phi) is 2.85. The fourth-order valence-corrected chi connectivity index (χ4v) is 2.42. The molecule has 15 heavy (non-hydrogen) atoms. The average Bonchev–Trinajstić information content (AvgIpc) is 1.99. The normalized spacial score (nSPS) is 11.0. The molecule has 0 saturated heterocycles. The second-order valence-electron chi connectivity index (χ2n) is 2.98. The van der Waals surface area contributed by atoms with E-state index >= 15 is 0 Å². The Morgan fingerprint density at radius 3 is 2.40 bits per heavy atom. The van der Waals surface area contributed by atoms with Gasteiger partial charge < -0.3 is 17.2 Å². The van der Waals surface area contributed by atoms with Gasteiger partial charge in [0.25, 0.3) is 10.0 Å². The Morgan fingerprint density at radius 2 is 1.93 bits per heavy atom. The summed E-state index contributed by atoms with van der Waals surface area (Å²) in [5, 5.41) is 0. The Labute approximate surface area is 87.8 Å². The van der Waals surface area contributed by atoms with Crippen molar-refractivity contribution < 1.29 is 8.42 Å². The minimum atomic E-state index is -3.91. The van der Waals surface area contributed by atoms with Crippen molar-refractivity contribution in [2.75, 3.05) is 5.73 Å². The number of nitrogens with zero attached hydrogens (tertiary/aromatic N) is 1. The molecule has 0 atom stereocenters. The van der Waals surface area contributed by atoms with Crippen LogP contribution in [0.4, 0.5) is 5.69 Å². The minimum absolute atomic E-state index is 0.0570. The molecular weight excluding hydrogens is 216 g/mol. The van der Waals surface area contributed by atoms with Gasteiger partial charge in [-0.15, -0.1) is 4.40 Å². The summed E-state index contributed by atoms with van der Waals surface area (Å²) < 4.78 is 26.5. The molecule has 0 aliphatic carbocycles. The van der Waals surface area contributed by atoms with E-state index < -0.39 is 16.0 Å². The predicted octanol–water partition coefficient (Wildman–Crippen LogP) is -0.461. The van der Waals surface area contributed by atoms with Gasteiger partial charge in [-0.05, 0) is 18.6 Å². The summed E-state index contributed by atoms with van der Waals surface area (Å²) >= 11 is 0. The quantitative estimate of drug-likeness (QED) is 0.359. The highest BCUT2D eigenvalue weighted by Crippen LogP contribution is 2.23. The van der Waals surface area contributed by atoms with Gasteiger partial charge in [-0.3, -0.25) is 0 Å². The molecule has 7 heteroatoms. The second kappa shape index (κ2) is 3.77. The first kappa shape index (κ1) is 11.3. The van der Waals surface area contributed by atoms with E-state index in [-0.39, 0.29) is 10.6 Å². The van der Waals surface area contributed by atoms with Crippen LogP contribution in [-0.4, -0.2) is 14.4 Å². The first-order chi connectivity index (χ1) is 6.84. The first-order valence-corrected chi connectivity index (χ1v) is 5.49. The highest BCUT2D eigenvalue weighted by Gasteiger charge is 2.19. The van der Waals surface area contributed by atoms with Gasteiger partial charge in [0.15, 0.2) is 0 Å².